The van der Waals surface area contributed by atoms with Gasteiger partial charge in [0.2, 0.25) is 0 Å². The second kappa shape index (κ2) is 4.68. The molecule has 1 amide bonds. The molecule has 2 aliphatic carbocycles. The Labute approximate surface area is 123 Å². The van der Waals surface area contributed by atoms with Gasteiger partial charge in [-0.25, -0.2) is 0 Å². The van der Waals surface area contributed by atoms with Gasteiger partial charge in [0.05, 0.1) is 15.6 Å². The van der Waals surface area contributed by atoms with Crippen LogP contribution in [0.5, 0.6) is 0 Å². The Bertz CT molecular complexity index is 511. The lowest BCUT2D eigenvalue weighted by Crippen LogP contribution is -2.49. The molecule has 0 heterocycles. The number of rotatable bonds is 2. The molecule has 2 nitrogen and oxygen atoms in total. The van der Waals surface area contributed by atoms with Crippen LogP contribution in [0.25, 0.3) is 0 Å². The predicted octanol–water partition coefficient (Wildman–Crippen LogP) is 4.30. The van der Waals surface area contributed by atoms with Crippen molar-refractivity contribution in [1.29, 1.82) is 0 Å². The number of amides is 1. The molecule has 0 aliphatic heterocycles. The SMILES string of the molecule is CC1CC2CCC1(NC(=O)c1c(Cl)cccc1Cl)C2. The minimum Gasteiger partial charge on any atom is -0.346 e. The monoisotopic (exact) mass is 297 g/mol. The summed E-state index contributed by atoms with van der Waals surface area (Å²) < 4.78 is 0. The van der Waals surface area contributed by atoms with Gasteiger partial charge in [0.25, 0.3) is 5.91 Å². The van der Waals surface area contributed by atoms with Crippen molar-refractivity contribution in [2.24, 2.45) is 11.8 Å². The number of carbonyl (C=O) groups is 1. The molecule has 19 heavy (non-hydrogen) atoms. The smallest absolute Gasteiger partial charge is 0.254 e. The van der Waals surface area contributed by atoms with E-state index in [0.717, 1.165) is 18.8 Å². The zero-order valence-electron chi connectivity index (χ0n) is 10.9. The van der Waals surface area contributed by atoms with Crippen LogP contribution >= 0.6 is 23.2 Å². The number of nitrogens with one attached hydrogen (secondary N) is 1. The first-order chi connectivity index (χ1) is 9.02. The lowest BCUT2D eigenvalue weighted by atomic mass is 9.83. The van der Waals surface area contributed by atoms with Crippen LogP contribution in [0.4, 0.5) is 0 Å². The Balaban J connectivity index is 1.86. The van der Waals surface area contributed by atoms with Crippen LogP contribution in [-0.4, -0.2) is 11.4 Å². The van der Waals surface area contributed by atoms with Crippen LogP contribution in [0.1, 0.15) is 43.0 Å². The van der Waals surface area contributed by atoms with E-state index >= 15 is 0 Å². The third-order valence-corrected chi connectivity index (χ3v) is 5.46. The van der Waals surface area contributed by atoms with Crippen LogP contribution in [0.3, 0.4) is 0 Å². The Kier molecular flexibility index (Phi) is 3.26. The van der Waals surface area contributed by atoms with E-state index in [1.165, 1.54) is 12.8 Å². The normalized spacial score (nSPS) is 32.6. The molecule has 3 unspecified atom stereocenters. The highest BCUT2D eigenvalue weighted by Crippen LogP contribution is 2.51. The van der Waals surface area contributed by atoms with Crippen molar-refractivity contribution in [3.8, 4) is 0 Å². The molecule has 2 bridgehead atoms. The van der Waals surface area contributed by atoms with Crippen molar-refractivity contribution in [2.75, 3.05) is 0 Å². The molecule has 0 radical (unpaired) electrons. The molecule has 0 spiro atoms. The Morgan fingerprint density at radius 1 is 1.37 bits per heavy atom. The number of benzene rings is 1. The van der Waals surface area contributed by atoms with Crippen molar-refractivity contribution < 1.29 is 4.79 Å². The van der Waals surface area contributed by atoms with Crippen molar-refractivity contribution in [3.05, 3.63) is 33.8 Å². The van der Waals surface area contributed by atoms with E-state index in [4.69, 9.17) is 23.2 Å². The Morgan fingerprint density at radius 2 is 2.05 bits per heavy atom. The fraction of sp³-hybridized carbons (Fsp3) is 0.533. The summed E-state index contributed by atoms with van der Waals surface area (Å²) in [6.45, 7) is 2.23. The highest BCUT2D eigenvalue weighted by atomic mass is 35.5. The molecule has 1 aromatic rings. The molecule has 2 saturated carbocycles. The first-order valence-corrected chi connectivity index (χ1v) is 7.54. The van der Waals surface area contributed by atoms with Crippen molar-refractivity contribution in [1.82, 2.24) is 5.32 Å². The van der Waals surface area contributed by atoms with E-state index in [9.17, 15) is 4.79 Å². The summed E-state index contributed by atoms with van der Waals surface area (Å²) in [7, 11) is 0. The van der Waals surface area contributed by atoms with Crippen LogP contribution < -0.4 is 5.32 Å². The predicted molar refractivity (Wildman–Crippen MR) is 77.8 cm³/mol. The maximum Gasteiger partial charge on any atom is 0.254 e. The van der Waals surface area contributed by atoms with Gasteiger partial charge in [-0.05, 0) is 49.7 Å². The molecule has 1 aromatic carbocycles. The molecule has 2 aliphatic rings. The molecular formula is C15H17Cl2NO. The highest BCUT2D eigenvalue weighted by molar-refractivity contribution is 6.39. The summed E-state index contributed by atoms with van der Waals surface area (Å²) in [4.78, 5) is 12.5. The van der Waals surface area contributed by atoms with Gasteiger partial charge in [0.15, 0.2) is 0 Å². The number of hydrogen-bond donors (Lipinski definition) is 1. The van der Waals surface area contributed by atoms with Crippen LogP contribution in [0.15, 0.2) is 18.2 Å². The van der Waals surface area contributed by atoms with Gasteiger partial charge in [0.1, 0.15) is 0 Å². The van der Waals surface area contributed by atoms with Gasteiger partial charge in [-0.15, -0.1) is 0 Å². The third-order valence-electron chi connectivity index (χ3n) is 4.83. The van der Waals surface area contributed by atoms with E-state index < -0.39 is 0 Å². The number of carbonyl (C=O) groups excluding carboxylic acids is 1. The molecule has 102 valence electrons. The van der Waals surface area contributed by atoms with Gasteiger partial charge in [-0.2, -0.15) is 0 Å². The molecular weight excluding hydrogens is 281 g/mol. The zero-order chi connectivity index (χ0) is 13.6. The molecule has 0 aromatic heterocycles. The standard InChI is InChI=1S/C15H17Cl2NO/c1-9-7-10-5-6-15(9,8-10)18-14(19)13-11(16)3-2-4-12(13)17/h2-4,9-10H,5-8H2,1H3,(H,18,19). The average molecular weight is 298 g/mol. The van der Waals surface area contributed by atoms with Crippen molar-refractivity contribution in [2.45, 2.75) is 38.1 Å². The second-order valence-corrected chi connectivity index (χ2v) is 6.77. The van der Waals surface area contributed by atoms with Crippen LogP contribution in [-0.2, 0) is 0 Å². The first-order valence-electron chi connectivity index (χ1n) is 6.78. The molecule has 1 N–H and O–H groups in total. The molecule has 3 rings (SSSR count). The third kappa shape index (κ3) is 2.15. The fourth-order valence-electron chi connectivity index (χ4n) is 3.80. The van der Waals surface area contributed by atoms with E-state index in [0.29, 0.717) is 21.5 Å². The maximum atomic E-state index is 12.5. The largest absolute Gasteiger partial charge is 0.346 e. The Morgan fingerprint density at radius 3 is 2.58 bits per heavy atom. The van der Waals surface area contributed by atoms with Gasteiger partial charge in [-0.1, -0.05) is 36.2 Å². The molecule has 0 saturated heterocycles. The summed E-state index contributed by atoms with van der Waals surface area (Å²) in [5, 5.41) is 4.06. The quantitative estimate of drug-likeness (QED) is 0.866. The lowest BCUT2D eigenvalue weighted by Gasteiger charge is -2.34. The fourth-order valence-corrected chi connectivity index (χ4v) is 4.36. The van der Waals surface area contributed by atoms with Crippen LogP contribution in [0, 0.1) is 11.8 Å². The van der Waals surface area contributed by atoms with E-state index in [-0.39, 0.29) is 11.4 Å². The maximum absolute atomic E-state index is 12.5. The summed E-state index contributed by atoms with van der Waals surface area (Å²) >= 11 is 12.2. The van der Waals surface area contributed by atoms with Gasteiger partial charge in [0, 0.05) is 5.54 Å². The minimum atomic E-state index is -0.134. The highest BCUT2D eigenvalue weighted by Gasteiger charge is 2.50. The summed E-state index contributed by atoms with van der Waals surface area (Å²) in [6, 6.07) is 5.16. The van der Waals surface area contributed by atoms with Gasteiger partial charge in [-0.3, -0.25) is 4.79 Å². The number of halogens is 2. The van der Waals surface area contributed by atoms with E-state index in [2.05, 4.69) is 12.2 Å². The number of fused-ring (bicyclic) bond motifs is 2. The zero-order valence-corrected chi connectivity index (χ0v) is 12.4. The topological polar surface area (TPSA) is 29.1 Å². The first kappa shape index (κ1) is 13.3. The van der Waals surface area contributed by atoms with Crippen molar-refractivity contribution >= 4 is 29.1 Å². The average Bonchev–Trinajstić information content (AvgIpc) is 2.85. The summed E-state index contributed by atoms with van der Waals surface area (Å²) in [6.07, 6.45) is 4.62. The van der Waals surface area contributed by atoms with E-state index in [1.807, 2.05) is 0 Å². The lowest BCUT2D eigenvalue weighted by molar-refractivity contribution is 0.0873. The molecule has 3 atom stereocenters. The minimum absolute atomic E-state index is 0.0375. The van der Waals surface area contributed by atoms with Crippen molar-refractivity contribution in [3.63, 3.8) is 0 Å². The second-order valence-electron chi connectivity index (χ2n) is 5.95. The molecule has 4 heteroatoms. The van der Waals surface area contributed by atoms with Crippen LogP contribution in [0.2, 0.25) is 10.0 Å². The van der Waals surface area contributed by atoms with Gasteiger partial charge < -0.3 is 5.32 Å². The number of hydrogen-bond acceptors (Lipinski definition) is 1. The van der Waals surface area contributed by atoms with Gasteiger partial charge >= 0.3 is 0 Å². The summed E-state index contributed by atoms with van der Waals surface area (Å²) in [5.74, 6) is 1.18. The van der Waals surface area contributed by atoms with E-state index in [1.54, 1.807) is 18.2 Å². The Hall–Kier alpha value is -0.730. The summed E-state index contributed by atoms with van der Waals surface area (Å²) in [5.41, 5.74) is 0.368. The molecule has 2 fully saturated rings.